The van der Waals surface area contributed by atoms with Gasteiger partial charge in [0.1, 0.15) is 24.6 Å². The molecule has 4 atom stereocenters. The van der Waals surface area contributed by atoms with Gasteiger partial charge in [-0.05, 0) is 60.8 Å². The van der Waals surface area contributed by atoms with Crippen LogP contribution in [0.5, 0.6) is 6.01 Å². The van der Waals surface area contributed by atoms with E-state index in [2.05, 4.69) is 118 Å². The zero-order chi connectivity index (χ0) is 34.4. The standard InChI is InChI=1S/C32H63N5O5Si3/c1-17-18-19-38-29-36-23-26(33)34-21-35-27(23)37(29)28-25(42-45(15,16)32(8,9)10)24(41-44(13,14)31(5,6)7)22(40-28)20-39-43(11,12)30(2,3)4/h21-22,24-25,28H,17-20H2,1-16H3,(H2,33,34,35)/t22-,24-,25-,28-/m1/s1. The minimum absolute atomic E-state index is 0.0186. The number of aromatic nitrogens is 4. The van der Waals surface area contributed by atoms with E-state index in [4.69, 9.17) is 33.5 Å². The van der Waals surface area contributed by atoms with Gasteiger partial charge in [0.25, 0.3) is 0 Å². The Labute approximate surface area is 275 Å². The molecule has 45 heavy (non-hydrogen) atoms. The van der Waals surface area contributed by atoms with E-state index in [1.54, 1.807) is 0 Å². The van der Waals surface area contributed by atoms with Crippen molar-refractivity contribution in [2.75, 3.05) is 18.9 Å². The Balaban J connectivity index is 2.25. The molecule has 3 rings (SSSR count). The van der Waals surface area contributed by atoms with E-state index < -0.39 is 37.3 Å². The SMILES string of the molecule is CCCCOc1nc2c(N)ncnc2n1[C@@H]1O[C@H](CO[Si](C)(C)C(C)(C)C)[C@@H](O[Si](C)(C)C(C)(C)C)[C@H]1O[Si](C)(C)C(C)(C)C. The minimum Gasteiger partial charge on any atom is -0.465 e. The van der Waals surface area contributed by atoms with E-state index >= 15 is 0 Å². The number of fused-ring (bicyclic) bond motifs is 1. The van der Waals surface area contributed by atoms with Gasteiger partial charge in [0.2, 0.25) is 0 Å². The zero-order valence-corrected chi connectivity index (χ0v) is 34.1. The van der Waals surface area contributed by atoms with Crippen LogP contribution in [0.25, 0.3) is 11.2 Å². The number of nitrogens with zero attached hydrogens (tertiary/aromatic N) is 4. The third-order valence-corrected chi connectivity index (χ3v) is 24.1. The average Bonchev–Trinajstić information content (AvgIpc) is 3.39. The maximum absolute atomic E-state index is 7.35. The number of hydrogen-bond donors (Lipinski definition) is 1. The molecule has 10 nitrogen and oxygen atoms in total. The highest BCUT2D eigenvalue weighted by molar-refractivity contribution is 6.75. The van der Waals surface area contributed by atoms with E-state index in [-0.39, 0.29) is 27.3 Å². The van der Waals surface area contributed by atoms with Crippen LogP contribution in [0, 0.1) is 0 Å². The first-order chi connectivity index (χ1) is 20.3. The maximum Gasteiger partial charge on any atom is 0.301 e. The van der Waals surface area contributed by atoms with Gasteiger partial charge in [-0.1, -0.05) is 75.7 Å². The summed E-state index contributed by atoms with van der Waals surface area (Å²) in [6, 6.07) is 0.400. The lowest BCUT2D eigenvalue weighted by atomic mass is 10.1. The fraction of sp³-hybridized carbons (Fsp3) is 0.844. The predicted octanol–water partition coefficient (Wildman–Crippen LogP) is 8.29. The summed E-state index contributed by atoms with van der Waals surface area (Å²) in [5.41, 5.74) is 7.37. The van der Waals surface area contributed by atoms with Crippen LogP contribution >= 0.6 is 0 Å². The largest absolute Gasteiger partial charge is 0.465 e. The van der Waals surface area contributed by atoms with Gasteiger partial charge in [0.05, 0.1) is 13.2 Å². The van der Waals surface area contributed by atoms with Gasteiger partial charge in [0, 0.05) is 0 Å². The van der Waals surface area contributed by atoms with Gasteiger partial charge >= 0.3 is 6.01 Å². The van der Waals surface area contributed by atoms with Gasteiger partial charge < -0.3 is 28.5 Å². The molecule has 1 saturated heterocycles. The lowest BCUT2D eigenvalue weighted by Gasteiger charge is -2.44. The van der Waals surface area contributed by atoms with Crippen molar-refractivity contribution in [3.63, 3.8) is 0 Å². The van der Waals surface area contributed by atoms with E-state index in [0.29, 0.717) is 36.2 Å². The highest BCUT2D eigenvalue weighted by atomic mass is 28.4. The van der Waals surface area contributed by atoms with Crippen LogP contribution in [0.15, 0.2) is 6.33 Å². The molecule has 1 fully saturated rings. The lowest BCUT2D eigenvalue weighted by molar-refractivity contribution is -0.0503. The molecule has 0 radical (unpaired) electrons. The van der Waals surface area contributed by atoms with Crippen molar-refractivity contribution in [3.8, 4) is 6.01 Å². The Morgan fingerprint density at radius 2 is 1.36 bits per heavy atom. The normalized spacial score (nSPS) is 22.4. The predicted molar refractivity (Wildman–Crippen MR) is 191 cm³/mol. The summed E-state index contributed by atoms with van der Waals surface area (Å²) >= 11 is 0. The maximum atomic E-state index is 7.35. The first kappa shape index (κ1) is 38.1. The van der Waals surface area contributed by atoms with Crippen LogP contribution in [0.3, 0.4) is 0 Å². The van der Waals surface area contributed by atoms with Gasteiger partial charge in [-0.2, -0.15) is 4.98 Å². The van der Waals surface area contributed by atoms with Gasteiger partial charge in [-0.25, -0.2) is 14.5 Å². The van der Waals surface area contributed by atoms with Crippen LogP contribution in [-0.4, -0.2) is 76.0 Å². The van der Waals surface area contributed by atoms with Crippen LogP contribution in [0.4, 0.5) is 5.82 Å². The van der Waals surface area contributed by atoms with Crippen LogP contribution in [0.1, 0.15) is 88.3 Å². The Morgan fingerprint density at radius 1 is 0.822 bits per heavy atom. The molecule has 0 amide bonds. The molecule has 258 valence electrons. The summed E-state index contributed by atoms with van der Waals surface area (Å²) in [5, 5.41) is -0.0127. The molecule has 0 aromatic carbocycles. The number of hydrogen-bond acceptors (Lipinski definition) is 9. The van der Waals surface area contributed by atoms with Crippen LogP contribution < -0.4 is 10.5 Å². The Morgan fingerprint density at radius 3 is 1.87 bits per heavy atom. The molecule has 3 heterocycles. The molecule has 0 spiro atoms. The smallest absolute Gasteiger partial charge is 0.301 e. The molecule has 0 saturated carbocycles. The number of nitrogen functional groups attached to an aromatic ring is 1. The second-order valence-corrected chi connectivity index (χ2v) is 31.5. The quantitative estimate of drug-likeness (QED) is 0.174. The number of nitrogens with two attached hydrogens (primary N) is 1. The van der Waals surface area contributed by atoms with Crippen molar-refractivity contribution >= 4 is 41.9 Å². The van der Waals surface area contributed by atoms with Crippen molar-refractivity contribution < 1.29 is 22.8 Å². The highest BCUT2D eigenvalue weighted by Gasteiger charge is 2.55. The molecule has 1 aliphatic rings. The van der Waals surface area contributed by atoms with Gasteiger partial charge in [-0.3, -0.25) is 0 Å². The number of rotatable bonds is 12. The van der Waals surface area contributed by atoms with Crippen molar-refractivity contribution in [1.82, 2.24) is 19.5 Å². The van der Waals surface area contributed by atoms with Crippen molar-refractivity contribution in [3.05, 3.63) is 6.33 Å². The summed E-state index contributed by atoms with van der Waals surface area (Å²) in [6.45, 7) is 37.0. The fourth-order valence-corrected chi connectivity index (χ4v) is 8.02. The Bertz CT molecular complexity index is 1300. The molecule has 2 N–H and O–H groups in total. The summed E-state index contributed by atoms with van der Waals surface area (Å²) in [5.74, 6) is 0.297. The molecule has 13 heteroatoms. The molecule has 2 aromatic rings. The monoisotopic (exact) mass is 681 g/mol. The third-order valence-electron chi connectivity index (χ3n) is 10.6. The molecular weight excluding hydrogens is 619 g/mol. The summed E-state index contributed by atoms with van der Waals surface area (Å²) in [6.07, 6.45) is 1.50. The number of ether oxygens (including phenoxy) is 2. The molecular formula is C32H63N5O5Si3. The first-order valence-electron chi connectivity index (χ1n) is 16.6. The fourth-order valence-electron chi connectivity index (χ4n) is 4.40. The van der Waals surface area contributed by atoms with E-state index in [9.17, 15) is 0 Å². The van der Waals surface area contributed by atoms with Crippen molar-refractivity contribution in [2.45, 2.75) is 161 Å². The number of imidazole rings is 1. The Hall–Kier alpha value is -1.36. The number of anilines is 1. The minimum atomic E-state index is -2.34. The van der Waals surface area contributed by atoms with Crippen molar-refractivity contribution in [2.24, 2.45) is 0 Å². The summed E-state index contributed by atoms with van der Waals surface area (Å²) < 4.78 is 36.8. The molecule has 0 aliphatic carbocycles. The topological polar surface area (TPSA) is 116 Å². The van der Waals surface area contributed by atoms with Gasteiger partial charge in [0.15, 0.2) is 48.2 Å². The van der Waals surface area contributed by atoms with Crippen LogP contribution in [0.2, 0.25) is 54.4 Å². The number of unbranched alkanes of at least 4 members (excludes halogenated alkanes) is 1. The zero-order valence-electron chi connectivity index (χ0n) is 31.1. The van der Waals surface area contributed by atoms with E-state index in [1.807, 2.05) is 4.57 Å². The van der Waals surface area contributed by atoms with E-state index in [1.165, 1.54) is 6.33 Å². The van der Waals surface area contributed by atoms with Crippen molar-refractivity contribution in [1.29, 1.82) is 0 Å². The summed E-state index contributed by atoms with van der Waals surface area (Å²) in [4.78, 5) is 13.7. The average molecular weight is 682 g/mol. The first-order valence-corrected chi connectivity index (χ1v) is 25.3. The van der Waals surface area contributed by atoms with E-state index in [0.717, 1.165) is 12.8 Å². The second-order valence-electron chi connectivity index (χ2n) is 17.2. The highest BCUT2D eigenvalue weighted by Crippen LogP contribution is 2.48. The third kappa shape index (κ3) is 8.21. The lowest BCUT2D eigenvalue weighted by Crippen LogP contribution is -2.54. The van der Waals surface area contributed by atoms with Gasteiger partial charge in [-0.15, -0.1) is 0 Å². The molecule has 1 aliphatic heterocycles. The Kier molecular flexibility index (Phi) is 11.2. The second kappa shape index (κ2) is 13.3. The molecule has 2 aromatic heterocycles. The molecule has 0 unspecified atom stereocenters. The van der Waals surface area contributed by atoms with Crippen LogP contribution in [-0.2, 0) is 18.0 Å². The summed E-state index contributed by atoms with van der Waals surface area (Å²) in [7, 11) is -6.74. The molecule has 0 bridgehead atoms.